The third-order valence-corrected chi connectivity index (χ3v) is 3.66. The molecule has 0 fully saturated rings. The Morgan fingerprint density at radius 2 is 1.00 bits per heavy atom. The molecule has 1 nitrogen and oxygen atoms in total. The Morgan fingerprint density at radius 1 is 0.609 bits per heavy atom. The van der Waals surface area contributed by atoms with Crippen molar-refractivity contribution in [1.82, 2.24) is 0 Å². The summed E-state index contributed by atoms with van der Waals surface area (Å²) >= 11 is 4.90. The van der Waals surface area contributed by atoms with E-state index in [0.717, 1.165) is 28.0 Å². The highest BCUT2D eigenvalue weighted by atomic mass is 32.1. The second kappa shape index (κ2) is 7.46. The second-order valence-electron chi connectivity index (χ2n) is 5.02. The molecule has 0 heterocycles. The van der Waals surface area contributed by atoms with Crippen LogP contribution in [-0.2, 0) is 0 Å². The molecule has 0 atom stereocenters. The van der Waals surface area contributed by atoms with E-state index in [4.69, 9.17) is 12.2 Å². The van der Waals surface area contributed by atoms with Crippen molar-refractivity contribution < 1.29 is 0 Å². The van der Waals surface area contributed by atoms with Crippen molar-refractivity contribution in [1.29, 1.82) is 0 Å². The maximum absolute atomic E-state index is 4.90. The smallest absolute Gasteiger partial charge is 0.0896 e. The number of hydrogen-bond donors (Lipinski definition) is 0. The summed E-state index contributed by atoms with van der Waals surface area (Å²) in [5, 5.41) is 2.54. The van der Waals surface area contributed by atoms with E-state index in [9.17, 15) is 0 Å². The van der Waals surface area contributed by atoms with Gasteiger partial charge in [0.2, 0.25) is 0 Å². The van der Waals surface area contributed by atoms with E-state index in [0.29, 0.717) is 0 Å². The van der Waals surface area contributed by atoms with E-state index in [1.165, 1.54) is 0 Å². The molecule has 0 amide bonds. The van der Waals surface area contributed by atoms with Crippen molar-refractivity contribution >= 4 is 28.6 Å². The number of rotatable bonds is 4. The number of thiocarbonyl (C=S) groups is 1. The largest absolute Gasteiger partial charge is 0.193 e. The highest BCUT2D eigenvalue weighted by molar-refractivity contribution is 7.78. The zero-order chi connectivity index (χ0) is 15.9. The molecule has 0 aliphatic carbocycles. The van der Waals surface area contributed by atoms with E-state index in [-0.39, 0.29) is 0 Å². The van der Waals surface area contributed by atoms with Gasteiger partial charge < -0.3 is 0 Å². The van der Waals surface area contributed by atoms with E-state index in [1.54, 1.807) is 0 Å². The van der Waals surface area contributed by atoms with Crippen molar-refractivity contribution in [2.24, 2.45) is 4.99 Å². The molecule has 0 aliphatic heterocycles. The zero-order valence-corrected chi connectivity index (χ0v) is 13.3. The molecule has 3 aromatic rings. The number of aliphatic imine (C=N–C) groups is 1. The molecule has 3 aromatic carbocycles. The van der Waals surface area contributed by atoms with E-state index in [2.05, 4.69) is 34.4 Å². The maximum atomic E-state index is 4.90. The van der Waals surface area contributed by atoms with Gasteiger partial charge in [-0.3, -0.25) is 0 Å². The fourth-order valence-electron chi connectivity index (χ4n) is 2.56. The summed E-state index contributed by atoms with van der Waals surface area (Å²) < 4.78 is 0. The van der Waals surface area contributed by atoms with Crippen molar-refractivity contribution in [2.45, 2.75) is 0 Å². The molecule has 110 valence electrons. The molecule has 0 saturated heterocycles. The molecule has 3 rings (SSSR count). The Balaban J connectivity index is 2.34. The van der Waals surface area contributed by atoms with Gasteiger partial charge >= 0.3 is 0 Å². The Kier molecular flexibility index (Phi) is 4.90. The first-order valence-corrected chi connectivity index (χ1v) is 7.79. The van der Waals surface area contributed by atoms with E-state index < -0.39 is 0 Å². The lowest BCUT2D eigenvalue weighted by molar-refractivity contribution is 1.48. The van der Waals surface area contributed by atoms with Gasteiger partial charge in [-0.2, -0.15) is 4.99 Å². The van der Waals surface area contributed by atoms with E-state index in [1.807, 2.05) is 66.7 Å². The lowest BCUT2D eigenvalue weighted by Gasteiger charge is -2.13. The SMILES string of the molecule is S=C=NC(=C(c1ccccc1)c1ccccc1)c1ccccc1. The number of nitrogens with zero attached hydrogens (tertiary/aromatic N) is 1. The fraction of sp³-hybridized carbons (Fsp3) is 0. The minimum absolute atomic E-state index is 0.831. The van der Waals surface area contributed by atoms with Gasteiger partial charge in [0.1, 0.15) is 0 Å². The van der Waals surface area contributed by atoms with Crippen molar-refractivity contribution in [3.8, 4) is 0 Å². The van der Waals surface area contributed by atoms with Gasteiger partial charge in [0, 0.05) is 11.1 Å². The Labute approximate surface area is 141 Å². The zero-order valence-electron chi connectivity index (χ0n) is 12.5. The van der Waals surface area contributed by atoms with Gasteiger partial charge in [-0.25, -0.2) is 0 Å². The molecule has 23 heavy (non-hydrogen) atoms. The van der Waals surface area contributed by atoms with Crippen LogP contribution < -0.4 is 0 Å². The molecule has 0 spiro atoms. The van der Waals surface area contributed by atoms with Crippen LogP contribution in [0.5, 0.6) is 0 Å². The molecule has 0 aromatic heterocycles. The monoisotopic (exact) mass is 313 g/mol. The molecule has 2 heteroatoms. The summed E-state index contributed by atoms with van der Waals surface area (Å²) in [6.45, 7) is 0. The van der Waals surface area contributed by atoms with Crippen LogP contribution >= 0.6 is 12.2 Å². The molecule has 0 N–H and O–H groups in total. The summed E-state index contributed by atoms with van der Waals surface area (Å²) in [6.07, 6.45) is 0. The summed E-state index contributed by atoms with van der Waals surface area (Å²) in [4.78, 5) is 4.39. The first kappa shape index (κ1) is 15.1. The summed E-state index contributed by atoms with van der Waals surface area (Å²) in [6, 6.07) is 30.6. The van der Waals surface area contributed by atoms with Gasteiger partial charge in [-0.1, -0.05) is 91.0 Å². The molecular formula is C21H15NS. The van der Waals surface area contributed by atoms with Crippen LogP contribution in [-0.4, -0.2) is 5.16 Å². The average Bonchev–Trinajstić information content (AvgIpc) is 2.64. The Morgan fingerprint density at radius 3 is 1.39 bits per heavy atom. The van der Waals surface area contributed by atoms with Gasteiger partial charge in [0.05, 0.1) is 10.9 Å². The van der Waals surface area contributed by atoms with Gasteiger partial charge in [-0.05, 0) is 23.3 Å². The molecule has 0 unspecified atom stereocenters. The normalized spacial score (nSPS) is 9.74. The third kappa shape index (κ3) is 3.51. The quantitative estimate of drug-likeness (QED) is 0.341. The molecule has 0 aliphatic rings. The Hall–Kier alpha value is -2.80. The minimum atomic E-state index is 0.831. The number of hydrogen-bond acceptors (Lipinski definition) is 2. The van der Waals surface area contributed by atoms with Crippen LogP contribution in [0.4, 0.5) is 0 Å². The fourth-order valence-corrected chi connectivity index (χ4v) is 2.65. The van der Waals surface area contributed by atoms with Crippen molar-refractivity contribution in [3.05, 3.63) is 108 Å². The summed E-state index contributed by atoms with van der Waals surface area (Å²) in [7, 11) is 0. The van der Waals surface area contributed by atoms with Crippen LogP contribution in [0.3, 0.4) is 0 Å². The predicted molar refractivity (Wildman–Crippen MR) is 100 cm³/mol. The second-order valence-corrected chi connectivity index (χ2v) is 5.21. The van der Waals surface area contributed by atoms with Crippen LogP contribution in [0.1, 0.15) is 16.7 Å². The van der Waals surface area contributed by atoms with Crippen molar-refractivity contribution in [3.63, 3.8) is 0 Å². The minimum Gasteiger partial charge on any atom is -0.193 e. The maximum Gasteiger partial charge on any atom is 0.0896 e. The van der Waals surface area contributed by atoms with E-state index >= 15 is 0 Å². The van der Waals surface area contributed by atoms with Crippen LogP contribution in [0.2, 0.25) is 0 Å². The highest BCUT2D eigenvalue weighted by Crippen LogP contribution is 2.32. The predicted octanol–water partition coefficient (Wildman–Crippen LogP) is 5.71. The highest BCUT2D eigenvalue weighted by Gasteiger charge is 2.13. The van der Waals surface area contributed by atoms with Gasteiger partial charge in [0.15, 0.2) is 0 Å². The third-order valence-electron chi connectivity index (χ3n) is 3.57. The molecule has 0 radical (unpaired) electrons. The number of isothiocyanates is 1. The Bertz CT molecular complexity index is 805. The average molecular weight is 313 g/mol. The standard InChI is InChI=1S/C21H15NS/c23-16-22-21(19-14-8-3-9-15-19)20(17-10-4-1-5-11-17)18-12-6-2-7-13-18/h1-15H. The molecule has 0 bridgehead atoms. The summed E-state index contributed by atoms with van der Waals surface area (Å²) in [5.41, 5.74) is 5.11. The lowest BCUT2D eigenvalue weighted by Crippen LogP contribution is -1.93. The van der Waals surface area contributed by atoms with Crippen molar-refractivity contribution in [2.75, 3.05) is 0 Å². The van der Waals surface area contributed by atoms with Crippen LogP contribution in [0.25, 0.3) is 11.3 Å². The van der Waals surface area contributed by atoms with Gasteiger partial charge in [-0.15, -0.1) is 0 Å². The topological polar surface area (TPSA) is 12.4 Å². The molecular weight excluding hydrogens is 298 g/mol. The first-order chi connectivity index (χ1) is 11.4. The van der Waals surface area contributed by atoms with Crippen LogP contribution in [0.15, 0.2) is 96.0 Å². The summed E-state index contributed by atoms with van der Waals surface area (Å²) in [5.74, 6) is 0. The number of benzene rings is 3. The van der Waals surface area contributed by atoms with Crippen LogP contribution in [0, 0.1) is 0 Å². The first-order valence-electron chi connectivity index (χ1n) is 7.38. The molecule has 0 saturated carbocycles. The lowest BCUT2D eigenvalue weighted by atomic mass is 9.93. The van der Waals surface area contributed by atoms with Gasteiger partial charge in [0.25, 0.3) is 0 Å².